The predicted octanol–water partition coefficient (Wildman–Crippen LogP) is -2.44. The molecule has 42 heavy (non-hydrogen) atoms. The van der Waals surface area contributed by atoms with Crippen LogP contribution in [-0.2, 0) is 9.47 Å². The Bertz CT molecular complexity index is 1470. The molecule has 2 saturated heterocycles. The van der Waals surface area contributed by atoms with Crippen LogP contribution in [0.15, 0.2) is 45.6 Å². The van der Waals surface area contributed by atoms with Gasteiger partial charge in [0.25, 0.3) is 0 Å². The quantitative estimate of drug-likeness (QED) is 0.142. The lowest BCUT2D eigenvalue weighted by Crippen LogP contribution is -2.60. The third kappa shape index (κ3) is 5.20. The van der Waals surface area contributed by atoms with Gasteiger partial charge in [0.15, 0.2) is 11.0 Å². The van der Waals surface area contributed by atoms with E-state index < -0.39 is 91.4 Å². The number of phenols is 2. The van der Waals surface area contributed by atoms with Gasteiger partial charge in [-0.25, -0.2) is 0 Å². The minimum absolute atomic E-state index is 0.0669. The van der Waals surface area contributed by atoms with Crippen molar-refractivity contribution in [2.45, 2.75) is 61.2 Å². The van der Waals surface area contributed by atoms with Crippen LogP contribution in [0.3, 0.4) is 0 Å². The van der Waals surface area contributed by atoms with E-state index in [1.165, 1.54) is 24.3 Å². The molecule has 2 aliphatic rings. The van der Waals surface area contributed by atoms with Gasteiger partial charge in [-0.05, 0) is 24.3 Å². The molecule has 0 unspecified atom stereocenters. The van der Waals surface area contributed by atoms with Crippen LogP contribution in [0.1, 0.15) is 11.7 Å². The number of aliphatic hydroxyl groups is 8. The lowest BCUT2D eigenvalue weighted by Gasteiger charge is -2.40. The summed E-state index contributed by atoms with van der Waals surface area (Å²) in [5.74, 6) is -1.24. The average molecular weight is 595 g/mol. The van der Waals surface area contributed by atoms with Crippen LogP contribution in [0.4, 0.5) is 0 Å². The molecule has 0 aliphatic carbocycles. The topological polar surface area (TPSA) is 260 Å². The Balaban J connectivity index is 1.50. The highest BCUT2D eigenvalue weighted by molar-refractivity contribution is 5.89. The Labute approximate surface area is 236 Å². The first kappa shape index (κ1) is 30.1. The molecule has 0 amide bonds. The van der Waals surface area contributed by atoms with Crippen LogP contribution in [-0.4, -0.2) is 119 Å². The number of hydrogen-bond donors (Lipinski definition) is 10. The van der Waals surface area contributed by atoms with Gasteiger partial charge < -0.3 is 69.7 Å². The van der Waals surface area contributed by atoms with Crippen LogP contribution < -0.4 is 10.2 Å². The molecule has 15 heteroatoms. The summed E-state index contributed by atoms with van der Waals surface area (Å²) < 4.78 is 22.3. The van der Waals surface area contributed by atoms with Gasteiger partial charge in [0.1, 0.15) is 83.3 Å². The van der Waals surface area contributed by atoms with Gasteiger partial charge in [-0.15, -0.1) is 0 Å². The monoisotopic (exact) mass is 594 g/mol. The molecule has 3 heterocycles. The van der Waals surface area contributed by atoms with Gasteiger partial charge in [0.05, 0.1) is 18.8 Å². The van der Waals surface area contributed by atoms with Crippen molar-refractivity contribution in [1.29, 1.82) is 0 Å². The van der Waals surface area contributed by atoms with Crippen molar-refractivity contribution in [3.8, 4) is 28.6 Å². The summed E-state index contributed by atoms with van der Waals surface area (Å²) in [6.45, 7) is -1.38. The summed E-state index contributed by atoms with van der Waals surface area (Å²) >= 11 is 0. The van der Waals surface area contributed by atoms with Crippen molar-refractivity contribution in [1.82, 2.24) is 0 Å². The zero-order valence-corrected chi connectivity index (χ0v) is 21.7. The zero-order chi connectivity index (χ0) is 30.5. The smallest absolute Gasteiger partial charge is 0.229 e. The number of benzene rings is 2. The number of aliphatic hydroxyl groups excluding tert-OH is 8. The maximum absolute atomic E-state index is 13.1. The molecular formula is C27H30O15. The van der Waals surface area contributed by atoms with Crippen LogP contribution in [0, 0.1) is 0 Å². The molecule has 10 atom stereocenters. The van der Waals surface area contributed by atoms with Gasteiger partial charge in [-0.2, -0.15) is 0 Å². The fourth-order valence-electron chi connectivity index (χ4n) is 5.08. The van der Waals surface area contributed by atoms with Crippen molar-refractivity contribution in [3.05, 3.63) is 52.2 Å². The third-order valence-electron chi connectivity index (χ3n) is 7.41. The number of phenolic OH excluding ortho intramolecular Hbond substituents is 2. The number of fused-ring (bicyclic) bond motifs is 1. The third-order valence-corrected chi connectivity index (χ3v) is 7.41. The first-order chi connectivity index (χ1) is 20.0. The van der Waals surface area contributed by atoms with E-state index in [0.717, 1.165) is 12.1 Å². The molecule has 0 spiro atoms. The number of ether oxygens (including phenoxy) is 3. The largest absolute Gasteiger partial charge is 0.507 e. The fraction of sp³-hybridized carbons (Fsp3) is 0.444. The van der Waals surface area contributed by atoms with Crippen LogP contribution >= 0.6 is 0 Å². The van der Waals surface area contributed by atoms with Crippen LogP contribution in [0.5, 0.6) is 17.2 Å². The van der Waals surface area contributed by atoms with E-state index in [1.807, 2.05) is 0 Å². The molecule has 15 nitrogen and oxygen atoms in total. The lowest BCUT2D eigenvalue weighted by molar-refractivity contribution is -0.277. The van der Waals surface area contributed by atoms with E-state index in [0.29, 0.717) is 0 Å². The second-order valence-electron chi connectivity index (χ2n) is 10.1. The van der Waals surface area contributed by atoms with Crippen molar-refractivity contribution in [3.63, 3.8) is 0 Å². The van der Waals surface area contributed by atoms with E-state index >= 15 is 0 Å². The summed E-state index contributed by atoms with van der Waals surface area (Å²) in [6, 6.07) is 7.59. The van der Waals surface area contributed by atoms with E-state index in [-0.39, 0.29) is 33.6 Å². The van der Waals surface area contributed by atoms with Gasteiger partial charge in [-0.1, -0.05) is 0 Å². The minimum Gasteiger partial charge on any atom is -0.507 e. The summed E-state index contributed by atoms with van der Waals surface area (Å²) in [6.07, 6.45) is -15.7. The van der Waals surface area contributed by atoms with Gasteiger partial charge >= 0.3 is 0 Å². The average Bonchev–Trinajstić information content (AvgIpc) is 2.97. The second kappa shape index (κ2) is 11.7. The molecular weight excluding hydrogens is 564 g/mol. The molecule has 5 rings (SSSR count). The first-order valence-corrected chi connectivity index (χ1v) is 12.9. The van der Waals surface area contributed by atoms with Gasteiger partial charge in [-0.3, -0.25) is 4.79 Å². The zero-order valence-electron chi connectivity index (χ0n) is 21.7. The Morgan fingerprint density at radius 2 is 1.31 bits per heavy atom. The highest BCUT2D eigenvalue weighted by Gasteiger charge is 2.46. The Morgan fingerprint density at radius 3 is 1.93 bits per heavy atom. The molecule has 0 radical (unpaired) electrons. The molecule has 2 fully saturated rings. The molecule has 10 N–H and O–H groups in total. The highest BCUT2D eigenvalue weighted by atomic mass is 16.7. The second-order valence-corrected chi connectivity index (χ2v) is 10.1. The SMILES string of the molecule is O=c1cc(-c2ccc(O[C@@H]3O[C@H](CO)[C@@H](O)[C@H](O)[C@H]3O)cc2)oc2c([C@@H]3O[C@H](CO)[C@@H](O)[C@H](O)[C@H]3O)c(O)cc(O)c12. The molecule has 3 aromatic rings. The predicted molar refractivity (Wildman–Crippen MR) is 138 cm³/mol. The van der Waals surface area contributed by atoms with E-state index in [2.05, 4.69) is 0 Å². The lowest BCUT2D eigenvalue weighted by atomic mass is 9.89. The van der Waals surface area contributed by atoms with Crippen molar-refractivity contribution >= 4 is 11.0 Å². The van der Waals surface area contributed by atoms with Crippen molar-refractivity contribution in [2.75, 3.05) is 13.2 Å². The minimum atomic E-state index is -1.82. The number of hydrogen-bond acceptors (Lipinski definition) is 15. The first-order valence-electron chi connectivity index (χ1n) is 12.9. The highest BCUT2D eigenvalue weighted by Crippen LogP contribution is 2.43. The summed E-state index contributed by atoms with van der Waals surface area (Å²) in [7, 11) is 0. The van der Waals surface area contributed by atoms with E-state index in [9.17, 15) is 55.9 Å². The van der Waals surface area contributed by atoms with Crippen molar-refractivity contribution < 1.29 is 69.7 Å². The Kier molecular flexibility index (Phi) is 8.41. The molecule has 0 bridgehead atoms. The fourth-order valence-corrected chi connectivity index (χ4v) is 5.08. The standard InChI is InChI=1S/C27H30O15/c28-7-15-19(33)21(35)23(37)26(41-15)18-12(31)5-11(30)17-13(32)6-14(40-25(17)18)9-1-3-10(4-2-9)39-27-24(38)22(36)20(34)16(8-29)42-27/h1-6,15-16,19-24,26-31,33-38H,7-8H2/t15-,16-,19-,20-,21+,22+,23-,24-,26+,27-/m1/s1. The Morgan fingerprint density at radius 1 is 0.714 bits per heavy atom. The molecule has 2 aliphatic heterocycles. The Hall–Kier alpha value is -3.35. The summed E-state index contributed by atoms with van der Waals surface area (Å²) in [4.78, 5) is 13.1. The summed E-state index contributed by atoms with van der Waals surface area (Å²) in [5.41, 5.74) is -1.16. The number of aromatic hydroxyl groups is 2. The van der Waals surface area contributed by atoms with Crippen LogP contribution in [0.25, 0.3) is 22.3 Å². The molecule has 0 saturated carbocycles. The van der Waals surface area contributed by atoms with Crippen molar-refractivity contribution in [2.24, 2.45) is 0 Å². The van der Waals surface area contributed by atoms with E-state index in [4.69, 9.17) is 18.6 Å². The molecule has 1 aromatic heterocycles. The summed E-state index contributed by atoms with van der Waals surface area (Å²) in [5, 5.41) is 101. The molecule has 2 aromatic carbocycles. The number of rotatable bonds is 6. The van der Waals surface area contributed by atoms with Gasteiger partial charge in [0, 0.05) is 17.7 Å². The molecule has 228 valence electrons. The maximum Gasteiger partial charge on any atom is 0.229 e. The van der Waals surface area contributed by atoms with Gasteiger partial charge in [0.2, 0.25) is 6.29 Å². The maximum atomic E-state index is 13.1. The normalized spacial score (nSPS) is 33.5. The van der Waals surface area contributed by atoms with E-state index in [1.54, 1.807) is 0 Å². The van der Waals surface area contributed by atoms with Crippen LogP contribution in [0.2, 0.25) is 0 Å².